The van der Waals surface area contributed by atoms with Crippen LogP contribution in [0.25, 0.3) is 6.08 Å². The van der Waals surface area contributed by atoms with E-state index in [-0.39, 0.29) is 33.3 Å². The van der Waals surface area contributed by atoms with Crippen LogP contribution in [0.3, 0.4) is 0 Å². The normalized spacial score (nSPS) is 17.1. The molecule has 3 N–H and O–H groups in total. The first kappa shape index (κ1) is 24.2. The first-order chi connectivity index (χ1) is 17.6. The summed E-state index contributed by atoms with van der Waals surface area (Å²) in [5.41, 5.74) is 4.99. The molecule has 8 nitrogen and oxygen atoms in total. The van der Waals surface area contributed by atoms with Gasteiger partial charge in [0, 0.05) is 17.3 Å². The van der Waals surface area contributed by atoms with Crippen molar-refractivity contribution in [2.24, 2.45) is 5.10 Å². The quantitative estimate of drug-likeness (QED) is 0.251. The Morgan fingerprint density at radius 2 is 1.81 bits per heavy atom. The summed E-state index contributed by atoms with van der Waals surface area (Å²) in [6.45, 7) is 3.76. The molecule has 0 aliphatic carbocycles. The summed E-state index contributed by atoms with van der Waals surface area (Å²) in [6.07, 6.45) is 1.43. The zero-order chi connectivity index (χ0) is 26.4. The SMILES string of the molecule is Cc1ccc(N2C(=O)/C(=N\Nc3ccc(/C=C4/SC(=O)NC4=O)cc3O)c3cc(F)cc(F)c32)cc1C. The molecule has 3 aromatic rings. The Hall–Kier alpha value is -4.51. The predicted octanol–water partition coefficient (Wildman–Crippen LogP) is 5.11. The summed E-state index contributed by atoms with van der Waals surface area (Å²) in [4.78, 5) is 37.7. The second-order valence-electron chi connectivity index (χ2n) is 8.39. The Kier molecular flexibility index (Phi) is 6.00. The fourth-order valence-electron chi connectivity index (χ4n) is 3.94. The minimum atomic E-state index is -0.917. The molecule has 1 saturated heterocycles. The Bertz CT molecular complexity index is 1580. The number of aryl methyl sites for hydroxylation is 2. The number of hydrogen-bond donors (Lipinski definition) is 3. The lowest BCUT2D eigenvalue weighted by atomic mass is 10.1. The number of thioether (sulfide) groups is 1. The molecule has 11 heteroatoms. The lowest BCUT2D eigenvalue weighted by Crippen LogP contribution is -2.26. The van der Waals surface area contributed by atoms with Crippen molar-refractivity contribution < 1.29 is 28.3 Å². The summed E-state index contributed by atoms with van der Waals surface area (Å²) in [7, 11) is 0. The van der Waals surface area contributed by atoms with E-state index in [9.17, 15) is 28.3 Å². The number of rotatable bonds is 4. The average Bonchev–Trinajstić information content (AvgIpc) is 3.29. The first-order valence-corrected chi connectivity index (χ1v) is 11.8. The monoisotopic (exact) mass is 520 g/mol. The van der Waals surface area contributed by atoms with E-state index in [4.69, 9.17) is 0 Å². The van der Waals surface area contributed by atoms with Crippen molar-refractivity contribution in [1.29, 1.82) is 0 Å². The maximum atomic E-state index is 14.9. The van der Waals surface area contributed by atoms with Gasteiger partial charge in [-0.1, -0.05) is 12.1 Å². The molecule has 0 unspecified atom stereocenters. The third-order valence-corrected chi connectivity index (χ3v) is 6.72. The number of amides is 3. The molecule has 3 aromatic carbocycles. The van der Waals surface area contributed by atoms with Gasteiger partial charge in [-0.15, -0.1) is 0 Å². The molecule has 1 fully saturated rings. The summed E-state index contributed by atoms with van der Waals surface area (Å²) >= 11 is 0.741. The Balaban J connectivity index is 1.49. The van der Waals surface area contributed by atoms with E-state index in [1.807, 2.05) is 13.8 Å². The highest BCUT2D eigenvalue weighted by atomic mass is 32.2. The highest BCUT2D eigenvalue weighted by Gasteiger charge is 2.38. The van der Waals surface area contributed by atoms with Crippen molar-refractivity contribution in [3.63, 3.8) is 0 Å². The molecule has 0 atom stereocenters. The van der Waals surface area contributed by atoms with Crippen molar-refractivity contribution in [3.8, 4) is 5.75 Å². The van der Waals surface area contributed by atoms with E-state index < -0.39 is 28.7 Å². The van der Waals surface area contributed by atoms with Gasteiger partial charge in [0.05, 0.1) is 16.3 Å². The number of hydrazone groups is 1. The zero-order valence-electron chi connectivity index (χ0n) is 19.4. The van der Waals surface area contributed by atoms with E-state index in [1.54, 1.807) is 24.3 Å². The molecule has 186 valence electrons. The van der Waals surface area contributed by atoms with Gasteiger partial charge in [0.1, 0.15) is 11.6 Å². The molecule has 3 amide bonds. The first-order valence-electron chi connectivity index (χ1n) is 10.9. The second kappa shape index (κ2) is 9.17. The lowest BCUT2D eigenvalue weighted by molar-refractivity contribution is -0.115. The molecule has 37 heavy (non-hydrogen) atoms. The number of aromatic hydroxyl groups is 1. The van der Waals surface area contributed by atoms with Gasteiger partial charge in [-0.05, 0) is 78.7 Å². The number of phenols is 1. The maximum absolute atomic E-state index is 14.9. The molecule has 0 spiro atoms. The summed E-state index contributed by atoms with van der Waals surface area (Å²) in [6, 6.07) is 11.2. The number of carbonyl (C=O) groups excluding carboxylic acids is 3. The predicted molar refractivity (Wildman–Crippen MR) is 137 cm³/mol. The van der Waals surface area contributed by atoms with Crippen molar-refractivity contribution in [2.45, 2.75) is 13.8 Å². The van der Waals surface area contributed by atoms with Crippen LogP contribution in [-0.4, -0.2) is 27.9 Å². The summed E-state index contributed by atoms with van der Waals surface area (Å²) in [5.74, 6) is -3.26. The second-order valence-corrected chi connectivity index (χ2v) is 9.41. The standard InChI is InChI=1S/C26H18F2N4O4S/c1-12-3-5-16(7-13(12)2)32-23-17(10-15(27)11-18(23)28)22(25(32)35)31-30-19-6-4-14(8-20(19)33)9-21-24(34)29-26(36)37-21/h3-11,30,33H,1-2H3,(H,29,34,36)/b21-9+,31-22-. The number of imide groups is 1. The number of anilines is 3. The molecule has 5 rings (SSSR count). The average molecular weight is 521 g/mol. The van der Waals surface area contributed by atoms with Crippen molar-refractivity contribution in [1.82, 2.24) is 5.32 Å². The van der Waals surface area contributed by atoms with E-state index in [1.165, 1.54) is 18.2 Å². The number of nitrogens with zero attached hydrogens (tertiary/aromatic N) is 2. The number of benzene rings is 3. The van der Waals surface area contributed by atoms with Crippen molar-refractivity contribution in [2.75, 3.05) is 10.3 Å². The zero-order valence-corrected chi connectivity index (χ0v) is 20.2. The Labute approximate surface area is 213 Å². The number of hydrogen-bond acceptors (Lipinski definition) is 7. The third kappa shape index (κ3) is 4.45. The smallest absolute Gasteiger partial charge is 0.290 e. The molecular formula is C26H18F2N4O4S. The van der Waals surface area contributed by atoms with Crippen molar-refractivity contribution >= 4 is 57.7 Å². The van der Waals surface area contributed by atoms with E-state index in [0.29, 0.717) is 17.3 Å². The van der Waals surface area contributed by atoms with Crippen LogP contribution in [0.5, 0.6) is 5.75 Å². The van der Waals surface area contributed by atoms with E-state index >= 15 is 0 Å². The van der Waals surface area contributed by atoms with Gasteiger partial charge < -0.3 is 5.11 Å². The number of carbonyl (C=O) groups is 3. The molecule has 2 aliphatic heterocycles. The Morgan fingerprint density at radius 1 is 1.03 bits per heavy atom. The van der Waals surface area contributed by atoms with Gasteiger partial charge in [0.25, 0.3) is 17.1 Å². The number of phenolic OH excluding ortho intramolecular Hbond substituents is 1. The van der Waals surface area contributed by atoms with Crippen LogP contribution in [0.2, 0.25) is 0 Å². The minimum Gasteiger partial charge on any atom is -0.506 e. The van der Waals surface area contributed by atoms with Gasteiger partial charge in [0.2, 0.25) is 0 Å². The van der Waals surface area contributed by atoms with Crippen LogP contribution in [0.15, 0.2) is 58.5 Å². The van der Waals surface area contributed by atoms with Crippen LogP contribution < -0.4 is 15.6 Å². The molecule has 2 heterocycles. The highest BCUT2D eigenvalue weighted by molar-refractivity contribution is 8.18. The van der Waals surface area contributed by atoms with Gasteiger partial charge in [-0.2, -0.15) is 5.10 Å². The van der Waals surface area contributed by atoms with Gasteiger partial charge >= 0.3 is 0 Å². The van der Waals surface area contributed by atoms with E-state index in [2.05, 4.69) is 15.8 Å². The highest BCUT2D eigenvalue weighted by Crippen LogP contribution is 2.39. The molecule has 0 radical (unpaired) electrons. The summed E-state index contributed by atoms with van der Waals surface area (Å²) < 4.78 is 29.0. The number of halogens is 2. The van der Waals surface area contributed by atoms with Crippen LogP contribution in [0, 0.1) is 25.5 Å². The molecule has 0 bridgehead atoms. The van der Waals surface area contributed by atoms with Crippen molar-refractivity contribution in [3.05, 3.63) is 87.3 Å². The topological polar surface area (TPSA) is 111 Å². The van der Waals surface area contributed by atoms with Crippen LogP contribution in [0.1, 0.15) is 22.3 Å². The van der Waals surface area contributed by atoms with Gasteiger partial charge in [-0.3, -0.25) is 30.0 Å². The molecular weight excluding hydrogens is 502 g/mol. The maximum Gasteiger partial charge on any atom is 0.290 e. The molecule has 0 aromatic heterocycles. The van der Waals surface area contributed by atoms with Crippen LogP contribution >= 0.6 is 11.8 Å². The fourth-order valence-corrected chi connectivity index (χ4v) is 4.62. The van der Waals surface area contributed by atoms with Gasteiger partial charge in [-0.25, -0.2) is 8.78 Å². The van der Waals surface area contributed by atoms with E-state index in [0.717, 1.165) is 33.9 Å². The molecule has 2 aliphatic rings. The number of fused-ring (bicyclic) bond motifs is 1. The largest absolute Gasteiger partial charge is 0.506 e. The van der Waals surface area contributed by atoms with Crippen LogP contribution in [0.4, 0.5) is 30.6 Å². The minimum absolute atomic E-state index is 0.0389. The van der Waals surface area contributed by atoms with Gasteiger partial charge in [0.15, 0.2) is 11.5 Å². The number of nitrogens with one attached hydrogen (secondary N) is 2. The third-order valence-electron chi connectivity index (χ3n) is 5.91. The van der Waals surface area contributed by atoms with Crippen LogP contribution in [-0.2, 0) is 9.59 Å². The lowest BCUT2D eigenvalue weighted by Gasteiger charge is -2.18. The fraction of sp³-hybridized carbons (Fsp3) is 0.0769. The molecule has 0 saturated carbocycles. The Morgan fingerprint density at radius 3 is 2.49 bits per heavy atom. The summed E-state index contributed by atoms with van der Waals surface area (Å²) in [5, 5.41) is 16.2.